The lowest BCUT2D eigenvalue weighted by Crippen LogP contribution is -1.80. The molecule has 0 saturated heterocycles. The van der Waals surface area contributed by atoms with E-state index in [4.69, 9.17) is 5.26 Å². The van der Waals surface area contributed by atoms with Crippen molar-refractivity contribution in [3.8, 4) is 6.07 Å². The van der Waals surface area contributed by atoms with Gasteiger partial charge in [-0.3, -0.25) is 0 Å². The minimum Gasteiger partial charge on any atom is -0.245 e. The van der Waals surface area contributed by atoms with Crippen LogP contribution in [0, 0.1) is 11.3 Å². The van der Waals surface area contributed by atoms with Crippen LogP contribution in [0.4, 0.5) is 0 Å². The number of hydrogen-bond acceptors (Lipinski definition) is 3. The molecule has 2 rings (SSSR count). The number of rotatable bonds is 1. The van der Waals surface area contributed by atoms with Crippen LogP contribution in [0.2, 0.25) is 0 Å². The summed E-state index contributed by atoms with van der Waals surface area (Å²) in [5.74, 6) is 0. The summed E-state index contributed by atoms with van der Waals surface area (Å²) in [4.78, 5) is 4.17. The van der Waals surface area contributed by atoms with E-state index in [1.54, 1.807) is 11.3 Å². The number of nitrogens with zero attached hydrogens (tertiary/aromatic N) is 2. The summed E-state index contributed by atoms with van der Waals surface area (Å²) in [7, 11) is 0. The molecule has 0 unspecified atom stereocenters. The van der Waals surface area contributed by atoms with Gasteiger partial charge >= 0.3 is 0 Å². The van der Waals surface area contributed by atoms with Crippen molar-refractivity contribution in [3.05, 3.63) is 29.3 Å². The monoisotopic (exact) mass is 174 g/mol. The molecule has 0 bridgehead atoms. The Morgan fingerprint density at radius 2 is 2.42 bits per heavy atom. The number of fused-ring (bicyclic) bond motifs is 1. The minimum absolute atomic E-state index is 0.472. The van der Waals surface area contributed by atoms with E-state index < -0.39 is 0 Å². The molecular formula is C9H6N2S. The molecule has 0 amide bonds. The highest BCUT2D eigenvalue weighted by atomic mass is 32.1. The molecule has 1 heterocycles. The van der Waals surface area contributed by atoms with Crippen LogP contribution >= 0.6 is 11.3 Å². The van der Waals surface area contributed by atoms with E-state index in [0.717, 1.165) is 15.8 Å². The summed E-state index contributed by atoms with van der Waals surface area (Å²) >= 11 is 1.59. The summed E-state index contributed by atoms with van der Waals surface area (Å²) in [5, 5.41) is 8.55. The van der Waals surface area contributed by atoms with Gasteiger partial charge in [0.1, 0.15) is 0 Å². The highest BCUT2D eigenvalue weighted by Gasteiger charge is 2.01. The Labute approximate surface area is 74.1 Å². The number of thiazole rings is 1. The smallest absolute Gasteiger partial charge is 0.0815 e. The largest absolute Gasteiger partial charge is 0.245 e. The third-order valence-electron chi connectivity index (χ3n) is 1.71. The van der Waals surface area contributed by atoms with Crippen molar-refractivity contribution in [1.82, 2.24) is 4.98 Å². The molecule has 3 heteroatoms. The maximum absolute atomic E-state index is 8.55. The molecule has 0 spiro atoms. The van der Waals surface area contributed by atoms with Crippen molar-refractivity contribution in [2.24, 2.45) is 0 Å². The molecule has 0 saturated carbocycles. The number of hydrogen-bond donors (Lipinski definition) is 0. The van der Waals surface area contributed by atoms with E-state index in [9.17, 15) is 0 Å². The Morgan fingerprint density at radius 1 is 1.50 bits per heavy atom. The van der Waals surface area contributed by atoms with Gasteiger partial charge in [-0.2, -0.15) is 5.26 Å². The van der Waals surface area contributed by atoms with Crippen molar-refractivity contribution in [2.75, 3.05) is 0 Å². The van der Waals surface area contributed by atoms with Crippen LogP contribution in [-0.2, 0) is 6.42 Å². The third-order valence-corrected chi connectivity index (χ3v) is 2.63. The molecule has 0 aliphatic carbocycles. The Hall–Kier alpha value is -1.40. The van der Waals surface area contributed by atoms with E-state index in [1.807, 2.05) is 23.7 Å². The highest BCUT2D eigenvalue weighted by molar-refractivity contribution is 7.16. The van der Waals surface area contributed by atoms with Gasteiger partial charge in [0.05, 0.1) is 28.2 Å². The SMILES string of the molecule is N#CCc1cccc2ncsc12. The maximum atomic E-state index is 8.55. The molecule has 1 aromatic carbocycles. The summed E-state index contributed by atoms with van der Waals surface area (Å²) in [6.45, 7) is 0. The normalized spacial score (nSPS) is 9.92. The van der Waals surface area contributed by atoms with Gasteiger partial charge in [-0.1, -0.05) is 12.1 Å². The van der Waals surface area contributed by atoms with Gasteiger partial charge in [0.25, 0.3) is 0 Å². The van der Waals surface area contributed by atoms with Crippen LogP contribution < -0.4 is 0 Å². The minimum atomic E-state index is 0.472. The van der Waals surface area contributed by atoms with Gasteiger partial charge < -0.3 is 0 Å². The number of nitriles is 1. The van der Waals surface area contributed by atoms with Crippen LogP contribution in [0.1, 0.15) is 5.56 Å². The van der Waals surface area contributed by atoms with Gasteiger partial charge in [-0.05, 0) is 11.6 Å². The predicted octanol–water partition coefficient (Wildman–Crippen LogP) is 2.36. The fourth-order valence-corrected chi connectivity index (χ4v) is 1.97. The second kappa shape index (κ2) is 2.92. The Kier molecular flexibility index (Phi) is 1.77. The Bertz CT molecular complexity index is 439. The van der Waals surface area contributed by atoms with Gasteiger partial charge in [-0.15, -0.1) is 11.3 Å². The fourth-order valence-electron chi connectivity index (χ4n) is 1.17. The molecule has 0 N–H and O–H groups in total. The lowest BCUT2D eigenvalue weighted by molar-refractivity contribution is 1.29. The van der Waals surface area contributed by atoms with Crippen molar-refractivity contribution in [3.63, 3.8) is 0 Å². The average molecular weight is 174 g/mol. The highest BCUT2D eigenvalue weighted by Crippen LogP contribution is 2.21. The number of benzene rings is 1. The maximum Gasteiger partial charge on any atom is 0.0815 e. The van der Waals surface area contributed by atoms with E-state index >= 15 is 0 Å². The zero-order valence-electron chi connectivity index (χ0n) is 6.32. The fraction of sp³-hybridized carbons (Fsp3) is 0.111. The van der Waals surface area contributed by atoms with E-state index in [1.165, 1.54) is 0 Å². The summed E-state index contributed by atoms with van der Waals surface area (Å²) in [5.41, 5.74) is 3.89. The van der Waals surface area contributed by atoms with Crippen molar-refractivity contribution in [1.29, 1.82) is 5.26 Å². The molecule has 58 valence electrons. The van der Waals surface area contributed by atoms with E-state index in [2.05, 4.69) is 11.1 Å². The van der Waals surface area contributed by atoms with Crippen LogP contribution in [0.15, 0.2) is 23.7 Å². The van der Waals surface area contributed by atoms with Crippen molar-refractivity contribution in [2.45, 2.75) is 6.42 Å². The first-order valence-electron chi connectivity index (χ1n) is 3.60. The third kappa shape index (κ3) is 1.06. The van der Waals surface area contributed by atoms with E-state index in [0.29, 0.717) is 6.42 Å². The molecule has 0 fully saturated rings. The summed E-state index contributed by atoms with van der Waals surface area (Å²) in [6, 6.07) is 8.02. The van der Waals surface area contributed by atoms with Crippen LogP contribution in [0.25, 0.3) is 10.2 Å². The van der Waals surface area contributed by atoms with Crippen LogP contribution in [0.5, 0.6) is 0 Å². The van der Waals surface area contributed by atoms with Crippen molar-refractivity contribution >= 4 is 21.6 Å². The lowest BCUT2D eigenvalue weighted by atomic mass is 10.1. The Morgan fingerprint density at radius 3 is 3.25 bits per heavy atom. The first kappa shape index (κ1) is 7.26. The van der Waals surface area contributed by atoms with Gasteiger partial charge in [0, 0.05) is 0 Å². The first-order valence-corrected chi connectivity index (χ1v) is 4.48. The van der Waals surface area contributed by atoms with Crippen LogP contribution in [-0.4, -0.2) is 4.98 Å². The molecule has 0 aliphatic rings. The summed E-state index contributed by atoms with van der Waals surface area (Å²) < 4.78 is 1.14. The first-order chi connectivity index (χ1) is 5.92. The average Bonchev–Trinajstić information content (AvgIpc) is 2.53. The topological polar surface area (TPSA) is 36.7 Å². The zero-order valence-corrected chi connectivity index (χ0v) is 7.14. The summed E-state index contributed by atoms with van der Waals surface area (Å²) in [6.07, 6.45) is 0.472. The van der Waals surface area contributed by atoms with Gasteiger partial charge in [-0.25, -0.2) is 4.98 Å². The van der Waals surface area contributed by atoms with Gasteiger partial charge in [0.15, 0.2) is 0 Å². The molecule has 0 atom stereocenters. The second-order valence-electron chi connectivity index (χ2n) is 2.45. The predicted molar refractivity (Wildman–Crippen MR) is 48.9 cm³/mol. The lowest BCUT2D eigenvalue weighted by Gasteiger charge is -1.93. The molecule has 1 aromatic heterocycles. The van der Waals surface area contributed by atoms with Gasteiger partial charge in [0.2, 0.25) is 0 Å². The molecular weight excluding hydrogens is 168 g/mol. The molecule has 2 nitrogen and oxygen atoms in total. The quantitative estimate of drug-likeness (QED) is 0.665. The number of aromatic nitrogens is 1. The van der Waals surface area contributed by atoms with Crippen LogP contribution in [0.3, 0.4) is 0 Å². The molecule has 12 heavy (non-hydrogen) atoms. The standard InChI is InChI=1S/C9H6N2S/c10-5-4-7-2-1-3-8-9(7)12-6-11-8/h1-3,6H,4H2. The van der Waals surface area contributed by atoms with E-state index in [-0.39, 0.29) is 0 Å². The zero-order chi connectivity index (χ0) is 8.39. The Balaban J connectivity index is 2.67. The van der Waals surface area contributed by atoms with Crippen molar-refractivity contribution < 1.29 is 0 Å². The second-order valence-corrected chi connectivity index (χ2v) is 3.31. The molecule has 0 radical (unpaired) electrons. The molecule has 2 aromatic rings. The molecule has 0 aliphatic heterocycles.